The van der Waals surface area contributed by atoms with Crippen molar-refractivity contribution in [1.82, 2.24) is 4.90 Å². The molecule has 0 spiro atoms. The number of methoxy groups -OCH3 is 2. The molecular weight excluding hydrogens is 372 g/mol. The summed E-state index contributed by atoms with van der Waals surface area (Å²) in [6.07, 6.45) is 1.68. The van der Waals surface area contributed by atoms with E-state index in [0.29, 0.717) is 0 Å². The van der Waals surface area contributed by atoms with E-state index in [1.807, 2.05) is 52.8 Å². The molecule has 1 amide bonds. The molecule has 0 saturated carbocycles. The fourth-order valence-electron chi connectivity index (χ4n) is 3.27. The third kappa shape index (κ3) is 5.53. The molecule has 1 heterocycles. The van der Waals surface area contributed by atoms with Crippen molar-refractivity contribution in [3.8, 4) is 11.5 Å². The summed E-state index contributed by atoms with van der Waals surface area (Å²) < 4.78 is 10.7. The smallest absolute Gasteiger partial charge is 0.247 e. The highest BCUT2D eigenvalue weighted by atomic mass is 32.2. The molecule has 1 fully saturated rings. The van der Waals surface area contributed by atoms with Gasteiger partial charge >= 0.3 is 0 Å². The Bertz CT molecular complexity index is 803. The Balaban J connectivity index is 1.47. The first-order valence-electron chi connectivity index (χ1n) is 9.41. The number of hydrogen-bond acceptors (Lipinski definition) is 4. The van der Waals surface area contributed by atoms with Gasteiger partial charge in [-0.05, 0) is 35.7 Å². The summed E-state index contributed by atoms with van der Waals surface area (Å²) in [7, 11) is 3.30. The number of nitrogens with zero attached hydrogens (tertiary/aromatic N) is 1. The van der Waals surface area contributed by atoms with Crippen LogP contribution in [0.1, 0.15) is 5.56 Å². The van der Waals surface area contributed by atoms with E-state index >= 15 is 0 Å². The lowest BCUT2D eigenvalue weighted by molar-refractivity contribution is -0.917. The van der Waals surface area contributed by atoms with E-state index in [1.165, 1.54) is 10.5 Å². The zero-order valence-corrected chi connectivity index (χ0v) is 17.2. The Hall–Kier alpha value is -2.44. The number of nitrogens with one attached hydrogen (secondary N) is 1. The maximum absolute atomic E-state index is 12.4. The number of carbonyl (C=O) groups excluding carboxylic acids is 1. The first-order chi connectivity index (χ1) is 13.7. The number of hydrogen-bond donors (Lipinski definition) is 1. The molecule has 148 valence electrons. The number of rotatable bonds is 7. The van der Waals surface area contributed by atoms with Crippen LogP contribution in [0, 0.1) is 0 Å². The second-order valence-electron chi connectivity index (χ2n) is 6.68. The van der Waals surface area contributed by atoms with Crippen LogP contribution in [0.2, 0.25) is 0 Å². The largest absolute Gasteiger partial charge is 0.493 e. The van der Waals surface area contributed by atoms with Gasteiger partial charge < -0.3 is 19.3 Å². The van der Waals surface area contributed by atoms with Crippen molar-refractivity contribution in [3.63, 3.8) is 0 Å². The summed E-state index contributed by atoms with van der Waals surface area (Å²) in [5.74, 6) is 1.60. The molecule has 0 radical (unpaired) electrons. The van der Waals surface area contributed by atoms with Crippen molar-refractivity contribution in [2.24, 2.45) is 0 Å². The van der Waals surface area contributed by atoms with E-state index in [-0.39, 0.29) is 5.91 Å². The molecule has 5 nitrogen and oxygen atoms in total. The van der Waals surface area contributed by atoms with Crippen LogP contribution in [0.4, 0.5) is 0 Å². The normalized spacial score (nSPS) is 15.0. The van der Waals surface area contributed by atoms with Gasteiger partial charge in [-0.15, -0.1) is 0 Å². The van der Waals surface area contributed by atoms with Crippen LogP contribution in [0.15, 0.2) is 64.9 Å². The number of ether oxygens (including phenoxy) is 2. The molecule has 1 aliphatic rings. The monoisotopic (exact) mass is 399 g/mol. The SMILES string of the molecule is COc1ccc(C[NH+]2CCN(C(=O)/C=C/Sc3ccccc3)CC2)cc1OC. The zero-order valence-electron chi connectivity index (χ0n) is 16.4. The Morgan fingerprint density at radius 1 is 1.07 bits per heavy atom. The molecule has 2 aromatic rings. The molecule has 1 aliphatic heterocycles. The molecule has 0 aromatic heterocycles. The van der Waals surface area contributed by atoms with Gasteiger partial charge in [0, 0.05) is 16.5 Å². The van der Waals surface area contributed by atoms with E-state index in [9.17, 15) is 4.79 Å². The predicted octanol–water partition coefficient (Wildman–Crippen LogP) is 2.24. The molecular formula is C22H27N2O3S+. The molecule has 28 heavy (non-hydrogen) atoms. The zero-order chi connectivity index (χ0) is 19.8. The standard InChI is InChI=1S/C22H26N2O3S/c1-26-20-9-8-18(16-21(20)27-2)17-23-11-13-24(14-12-23)22(25)10-15-28-19-6-4-3-5-7-19/h3-10,15-16H,11-14,17H2,1-2H3/p+1/b15-10+. The fraction of sp³-hybridized carbons (Fsp3) is 0.318. The Labute approximate surface area is 170 Å². The maximum atomic E-state index is 12.4. The lowest BCUT2D eigenvalue weighted by Crippen LogP contribution is -3.13. The van der Waals surface area contributed by atoms with Crippen LogP contribution in [-0.4, -0.2) is 51.2 Å². The fourth-order valence-corrected chi connectivity index (χ4v) is 3.93. The van der Waals surface area contributed by atoms with Crippen LogP contribution in [-0.2, 0) is 11.3 Å². The van der Waals surface area contributed by atoms with Crippen molar-refractivity contribution < 1.29 is 19.2 Å². The van der Waals surface area contributed by atoms with Crippen LogP contribution in [0.3, 0.4) is 0 Å². The summed E-state index contributed by atoms with van der Waals surface area (Å²) in [4.78, 5) is 16.9. The number of piperazine rings is 1. The lowest BCUT2D eigenvalue weighted by atomic mass is 10.1. The molecule has 1 saturated heterocycles. The highest BCUT2D eigenvalue weighted by molar-refractivity contribution is 8.02. The first kappa shape index (κ1) is 20.3. The molecule has 3 rings (SSSR count). The van der Waals surface area contributed by atoms with Crippen molar-refractivity contribution >= 4 is 17.7 Å². The minimum absolute atomic E-state index is 0.0913. The lowest BCUT2D eigenvalue weighted by Gasteiger charge is -2.31. The first-order valence-corrected chi connectivity index (χ1v) is 10.3. The van der Waals surface area contributed by atoms with Gasteiger partial charge in [-0.25, -0.2) is 0 Å². The molecule has 1 N–H and O–H groups in total. The molecule has 0 unspecified atom stereocenters. The average Bonchev–Trinajstić information content (AvgIpc) is 2.75. The highest BCUT2D eigenvalue weighted by Crippen LogP contribution is 2.27. The number of thioether (sulfide) groups is 1. The van der Waals surface area contributed by atoms with Crippen molar-refractivity contribution in [1.29, 1.82) is 0 Å². The maximum Gasteiger partial charge on any atom is 0.247 e. The van der Waals surface area contributed by atoms with Gasteiger partial charge in [0.05, 0.1) is 40.4 Å². The van der Waals surface area contributed by atoms with Gasteiger partial charge in [0.25, 0.3) is 0 Å². The quantitative estimate of drug-likeness (QED) is 0.573. The van der Waals surface area contributed by atoms with E-state index in [4.69, 9.17) is 9.47 Å². The highest BCUT2D eigenvalue weighted by Gasteiger charge is 2.22. The molecule has 2 aromatic carbocycles. The molecule has 0 atom stereocenters. The third-order valence-corrected chi connectivity index (χ3v) is 5.66. The van der Waals surface area contributed by atoms with Crippen molar-refractivity contribution in [2.75, 3.05) is 40.4 Å². The summed E-state index contributed by atoms with van der Waals surface area (Å²) in [5, 5.41) is 1.88. The second kappa shape index (κ2) is 10.2. The van der Waals surface area contributed by atoms with E-state index in [2.05, 4.69) is 6.07 Å². The van der Waals surface area contributed by atoms with Crippen LogP contribution < -0.4 is 14.4 Å². The van der Waals surface area contributed by atoms with Crippen LogP contribution in [0.5, 0.6) is 11.5 Å². The Morgan fingerprint density at radius 3 is 2.46 bits per heavy atom. The van der Waals surface area contributed by atoms with Crippen LogP contribution >= 0.6 is 11.8 Å². The van der Waals surface area contributed by atoms with E-state index in [1.54, 1.807) is 32.1 Å². The Kier molecular flexibility index (Phi) is 7.39. The third-order valence-electron chi connectivity index (χ3n) is 4.84. The molecule has 0 aliphatic carbocycles. The summed E-state index contributed by atoms with van der Waals surface area (Å²) in [6.45, 7) is 4.37. The number of carbonyl (C=O) groups is 1. The van der Waals surface area contributed by atoms with E-state index < -0.39 is 0 Å². The minimum atomic E-state index is 0.0913. The number of benzene rings is 2. The van der Waals surface area contributed by atoms with Crippen molar-refractivity contribution in [2.45, 2.75) is 11.4 Å². The Morgan fingerprint density at radius 2 is 1.79 bits per heavy atom. The van der Waals surface area contributed by atoms with Gasteiger partial charge in [-0.2, -0.15) is 0 Å². The van der Waals surface area contributed by atoms with E-state index in [0.717, 1.165) is 49.1 Å². The van der Waals surface area contributed by atoms with Gasteiger partial charge in [-0.3, -0.25) is 4.79 Å². The van der Waals surface area contributed by atoms with Gasteiger partial charge in [-0.1, -0.05) is 30.0 Å². The van der Waals surface area contributed by atoms with Crippen LogP contribution in [0.25, 0.3) is 0 Å². The molecule has 6 heteroatoms. The average molecular weight is 400 g/mol. The minimum Gasteiger partial charge on any atom is -0.493 e. The van der Waals surface area contributed by atoms with Gasteiger partial charge in [0.2, 0.25) is 5.91 Å². The second-order valence-corrected chi connectivity index (χ2v) is 7.65. The topological polar surface area (TPSA) is 43.2 Å². The summed E-state index contributed by atoms with van der Waals surface area (Å²) in [6, 6.07) is 16.1. The summed E-state index contributed by atoms with van der Waals surface area (Å²) in [5.41, 5.74) is 1.21. The van der Waals surface area contributed by atoms with Gasteiger partial charge in [0.1, 0.15) is 6.54 Å². The van der Waals surface area contributed by atoms with Crippen molar-refractivity contribution in [3.05, 3.63) is 65.6 Å². The number of amides is 1. The summed E-state index contributed by atoms with van der Waals surface area (Å²) >= 11 is 1.57. The predicted molar refractivity (Wildman–Crippen MR) is 112 cm³/mol. The van der Waals surface area contributed by atoms with Gasteiger partial charge in [0.15, 0.2) is 11.5 Å². The molecule has 0 bridgehead atoms. The number of quaternary nitrogens is 1.